The number of alkyl halides is 6. The van der Waals surface area contributed by atoms with Gasteiger partial charge in [0.15, 0.2) is 0 Å². The second kappa shape index (κ2) is 12.7. The average Bonchev–Trinajstić information content (AvgIpc) is 3.61. The number of ether oxygens (including phenoxy) is 1. The van der Waals surface area contributed by atoms with Crippen molar-refractivity contribution in [3.05, 3.63) is 66.8 Å². The fourth-order valence-corrected chi connectivity index (χ4v) is 8.07. The lowest BCUT2D eigenvalue weighted by Crippen LogP contribution is -2.69. The van der Waals surface area contributed by atoms with Gasteiger partial charge in [-0.05, 0) is 36.6 Å². The second-order valence-electron chi connectivity index (χ2n) is 10.9. The molecule has 3 atom stereocenters. The highest BCUT2D eigenvalue weighted by Crippen LogP contribution is 2.44. The number of carboxylic acids is 1. The third-order valence-electron chi connectivity index (χ3n) is 8.03. The molecule has 1 N–H and O–H groups in total. The molecule has 46 heavy (non-hydrogen) atoms. The molecule has 0 bridgehead atoms. The molecule has 8 nitrogen and oxygen atoms in total. The zero-order chi connectivity index (χ0) is 33.6. The molecule has 0 aliphatic carbocycles. The van der Waals surface area contributed by atoms with Crippen molar-refractivity contribution in [2.45, 2.75) is 75.6 Å². The van der Waals surface area contributed by atoms with Crippen molar-refractivity contribution in [2.24, 2.45) is 0 Å². The number of aliphatic carboxylic acids is 1. The van der Waals surface area contributed by atoms with Crippen LogP contribution in [-0.2, 0) is 34.9 Å². The van der Waals surface area contributed by atoms with Crippen LogP contribution in [0, 0.1) is 0 Å². The Hall–Kier alpha value is -3.37. The van der Waals surface area contributed by atoms with Crippen LogP contribution in [0.2, 0.25) is 4.34 Å². The molecule has 0 aromatic carbocycles. The average molecular weight is 710 g/mol. The first-order chi connectivity index (χ1) is 21.6. The van der Waals surface area contributed by atoms with Crippen molar-refractivity contribution in [2.75, 3.05) is 6.54 Å². The van der Waals surface area contributed by atoms with E-state index in [1.165, 1.54) is 0 Å². The standard InChI is InChI=1S/C29H26ClF6N3O5S2/c1-2-5-20-27(44-16-12-21(45-14-16)29(34,35)36,26(43)39-13-19-15(11-22(30)46-19)10-18(39)25(41)42)7-4-9-38(20)24(40)23-17(28(31,32)33)6-3-8-37-23/h3,6,8,11-12,14,18,20H,2,4-5,7,9-10,13H2,1H3,(H,41,42)/t18?,20-,27-/m1/s1. The van der Waals surface area contributed by atoms with Crippen molar-refractivity contribution < 1.29 is 50.6 Å². The minimum atomic E-state index is -4.94. The lowest BCUT2D eigenvalue weighted by atomic mass is 9.79. The summed E-state index contributed by atoms with van der Waals surface area (Å²) in [6, 6.07) is 1.31. The number of pyridine rings is 1. The van der Waals surface area contributed by atoms with Crippen LogP contribution in [0.15, 0.2) is 35.8 Å². The Morgan fingerprint density at radius 2 is 1.89 bits per heavy atom. The van der Waals surface area contributed by atoms with Gasteiger partial charge in [0.05, 0.1) is 22.5 Å². The zero-order valence-corrected chi connectivity index (χ0v) is 26.3. The summed E-state index contributed by atoms with van der Waals surface area (Å²) in [4.78, 5) is 46.5. The molecule has 2 aliphatic rings. The van der Waals surface area contributed by atoms with Crippen molar-refractivity contribution in [3.8, 4) is 5.75 Å². The molecule has 5 rings (SSSR count). The number of carbonyl (C=O) groups is 3. The number of thiophene rings is 2. The highest BCUT2D eigenvalue weighted by atomic mass is 35.5. The van der Waals surface area contributed by atoms with Crippen LogP contribution in [0.4, 0.5) is 26.3 Å². The van der Waals surface area contributed by atoms with Crippen LogP contribution < -0.4 is 4.74 Å². The molecule has 1 saturated heterocycles. The Labute approximate surface area is 271 Å². The predicted octanol–water partition coefficient (Wildman–Crippen LogP) is 7.16. The van der Waals surface area contributed by atoms with Crippen LogP contribution in [0.3, 0.4) is 0 Å². The first-order valence-corrected chi connectivity index (χ1v) is 16.1. The van der Waals surface area contributed by atoms with E-state index in [1.807, 2.05) is 0 Å². The summed E-state index contributed by atoms with van der Waals surface area (Å²) in [7, 11) is 0. The number of carbonyl (C=O) groups excluding carboxylic acids is 2. The minimum Gasteiger partial charge on any atom is -0.480 e. The largest absolute Gasteiger partial charge is 0.480 e. The molecule has 3 aromatic heterocycles. The van der Waals surface area contributed by atoms with Gasteiger partial charge in [-0.2, -0.15) is 26.3 Å². The molecule has 2 amide bonds. The van der Waals surface area contributed by atoms with E-state index >= 15 is 0 Å². The summed E-state index contributed by atoms with van der Waals surface area (Å²) >= 11 is 7.62. The summed E-state index contributed by atoms with van der Waals surface area (Å²) in [5, 5.41) is 11.2. The van der Waals surface area contributed by atoms with Gasteiger partial charge in [0, 0.05) is 41.9 Å². The number of amides is 2. The van der Waals surface area contributed by atoms with Crippen molar-refractivity contribution >= 4 is 52.1 Å². The van der Waals surface area contributed by atoms with Crippen LogP contribution in [-0.4, -0.2) is 61.9 Å². The number of piperidine rings is 1. The maximum Gasteiger partial charge on any atom is 0.425 e. The molecule has 0 spiro atoms. The predicted molar refractivity (Wildman–Crippen MR) is 156 cm³/mol. The second-order valence-corrected chi connectivity index (χ2v) is 13.6. The summed E-state index contributed by atoms with van der Waals surface area (Å²) in [5.41, 5.74) is -3.74. The maximum atomic E-state index is 14.8. The number of carboxylic acid groups (broad SMARTS) is 1. The number of hydrogen-bond donors (Lipinski definition) is 1. The number of nitrogens with zero attached hydrogens (tertiary/aromatic N) is 3. The van der Waals surface area contributed by atoms with Crippen molar-refractivity contribution in [1.29, 1.82) is 0 Å². The quantitative estimate of drug-likeness (QED) is 0.262. The van der Waals surface area contributed by atoms with E-state index in [0.29, 0.717) is 38.2 Å². The Balaban J connectivity index is 1.64. The molecule has 0 radical (unpaired) electrons. The number of fused-ring (bicyclic) bond motifs is 1. The number of rotatable bonds is 7. The van der Waals surface area contributed by atoms with E-state index in [1.54, 1.807) is 13.0 Å². The van der Waals surface area contributed by atoms with E-state index < -0.39 is 64.0 Å². The van der Waals surface area contributed by atoms with Gasteiger partial charge >= 0.3 is 18.3 Å². The summed E-state index contributed by atoms with van der Waals surface area (Å²) < 4.78 is 89.0. The molecule has 3 aromatic rings. The molecule has 17 heteroatoms. The number of likely N-dealkylation sites (tertiary alicyclic amines) is 1. The van der Waals surface area contributed by atoms with Gasteiger partial charge in [-0.3, -0.25) is 14.6 Å². The molecule has 1 unspecified atom stereocenters. The highest BCUT2D eigenvalue weighted by Gasteiger charge is 2.57. The zero-order valence-electron chi connectivity index (χ0n) is 24.0. The molecule has 0 saturated carbocycles. The molecule has 248 valence electrons. The van der Waals surface area contributed by atoms with Gasteiger partial charge in [-0.25, -0.2) is 4.79 Å². The topological polar surface area (TPSA) is 100 Å². The van der Waals surface area contributed by atoms with Gasteiger partial charge in [-0.15, -0.1) is 22.7 Å². The van der Waals surface area contributed by atoms with Gasteiger partial charge in [-0.1, -0.05) is 24.9 Å². The molecule has 5 heterocycles. The van der Waals surface area contributed by atoms with Crippen LogP contribution >= 0.6 is 34.3 Å². The molecule has 1 fully saturated rings. The van der Waals surface area contributed by atoms with E-state index in [9.17, 15) is 45.8 Å². The normalized spacial score (nSPS) is 22.0. The fraction of sp³-hybridized carbons (Fsp3) is 0.448. The third-order valence-corrected chi connectivity index (χ3v) is 10.3. The van der Waals surface area contributed by atoms with Gasteiger partial charge < -0.3 is 19.6 Å². The van der Waals surface area contributed by atoms with Gasteiger partial charge in [0.2, 0.25) is 5.60 Å². The summed E-state index contributed by atoms with van der Waals surface area (Å²) in [5.74, 6) is -3.76. The van der Waals surface area contributed by atoms with Gasteiger partial charge in [0.25, 0.3) is 11.8 Å². The monoisotopic (exact) mass is 709 g/mol. The van der Waals surface area contributed by atoms with Crippen LogP contribution in [0.25, 0.3) is 0 Å². The van der Waals surface area contributed by atoms with Crippen molar-refractivity contribution in [3.63, 3.8) is 0 Å². The molecular formula is C29H26ClF6N3O5S2. The molecule has 2 aliphatic heterocycles. The number of hydrogen-bond acceptors (Lipinski definition) is 7. The Kier molecular flexibility index (Phi) is 9.36. The Bertz CT molecular complexity index is 1640. The summed E-state index contributed by atoms with van der Waals surface area (Å²) in [6.45, 7) is 1.37. The highest BCUT2D eigenvalue weighted by molar-refractivity contribution is 7.16. The maximum absolute atomic E-state index is 14.8. The lowest BCUT2D eigenvalue weighted by Gasteiger charge is -2.50. The number of aromatic nitrogens is 1. The van der Waals surface area contributed by atoms with Crippen molar-refractivity contribution in [1.82, 2.24) is 14.8 Å². The first-order valence-electron chi connectivity index (χ1n) is 14.1. The smallest absolute Gasteiger partial charge is 0.425 e. The first kappa shape index (κ1) is 34.0. The van der Waals surface area contributed by atoms with E-state index in [2.05, 4.69) is 4.98 Å². The lowest BCUT2D eigenvalue weighted by molar-refractivity contribution is -0.168. The third kappa shape index (κ3) is 6.43. The van der Waals surface area contributed by atoms with Crippen LogP contribution in [0.1, 0.15) is 64.0 Å². The number of halogens is 7. The molecular weight excluding hydrogens is 684 g/mol. The Morgan fingerprint density at radius 3 is 2.52 bits per heavy atom. The van der Waals surface area contributed by atoms with E-state index in [-0.39, 0.29) is 50.9 Å². The van der Waals surface area contributed by atoms with E-state index in [4.69, 9.17) is 16.3 Å². The Morgan fingerprint density at radius 1 is 1.15 bits per heavy atom. The SMILES string of the molecule is CCC[C@H]1N(C(=O)c2ncccc2C(F)(F)F)CCC[C@]1(Oc1csc(C(F)(F)F)c1)C(=O)N1Cc2sc(Cl)cc2CC1C(=O)O. The summed E-state index contributed by atoms with van der Waals surface area (Å²) in [6.07, 6.45) is -8.65. The van der Waals surface area contributed by atoms with E-state index in [0.717, 1.165) is 38.8 Å². The van der Waals surface area contributed by atoms with Gasteiger partial charge in [0.1, 0.15) is 22.4 Å². The van der Waals surface area contributed by atoms with Crippen LogP contribution in [0.5, 0.6) is 5.75 Å². The fourth-order valence-electron chi connectivity index (χ4n) is 6.07. The minimum absolute atomic E-state index is 0.00377.